The number of benzene rings is 1. The first kappa shape index (κ1) is 13.7. The molecule has 0 aliphatic carbocycles. The van der Waals surface area contributed by atoms with Gasteiger partial charge in [0.05, 0.1) is 11.1 Å². The molecule has 3 aliphatic heterocycles. The fraction of sp³-hybridized carbons (Fsp3) is 0.625. The Morgan fingerprint density at radius 3 is 2.62 bits per heavy atom. The molecule has 2 unspecified atom stereocenters. The SMILES string of the molecule is OC1CC2CCC(C1)N2Cc1cc(Cl)c2c(c1)OCCO2. The smallest absolute Gasteiger partial charge is 0.179 e. The third-order valence-corrected chi connectivity index (χ3v) is 5.16. The fourth-order valence-corrected chi connectivity index (χ4v) is 4.26. The van der Waals surface area contributed by atoms with Crippen molar-refractivity contribution in [3.05, 3.63) is 22.7 Å². The fourth-order valence-electron chi connectivity index (χ4n) is 3.97. The minimum absolute atomic E-state index is 0.123. The van der Waals surface area contributed by atoms with E-state index >= 15 is 0 Å². The molecule has 5 heteroatoms. The van der Waals surface area contributed by atoms with E-state index in [0.29, 0.717) is 36.1 Å². The minimum Gasteiger partial charge on any atom is -0.486 e. The minimum atomic E-state index is -0.123. The first-order chi connectivity index (χ1) is 10.2. The molecule has 114 valence electrons. The van der Waals surface area contributed by atoms with E-state index in [-0.39, 0.29) is 6.10 Å². The van der Waals surface area contributed by atoms with E-state index in [1.165, 1.54) is 12.8 Å². The van der Waals surface area contributed by atoms with Crippen molar-refractivity contribution in [1.82, 2.24) is 4.90 Å². The third-order valence-electron chi connectivity index (χ3n) is 4.88. The summed E-state index contributed by atoms with van der Waals surface area (Å²) in [5.41, 5.74) is 1.16. The number of ether oxygens (including phenoxy) is 2. The van der Waals surface area contributed by atoms with Gasteiger partial charge in [-0.05, 0) is 43.4 Å². The molecule has 0 saturated carbocycles. The molecule has 0 radical (unpaired) electrons. The normalized spacial score (nSPS) is 31.4. The summed E-state index contributed by atoms with van der Waals surface area (Å²) in [7, 11) is 0. The molecule has 2 atom stereocenters. The lowest BCUT2D eigenvalue weighted by Crippen LogP contribution is -2.44. The lowest BCUT2D eigenvalue weighted by molar-refractivity contribution is 0.0309. The lowest BCUT2D eigenvalue weighted by Gasteiger charge is -2.37. The number of hydrogen-bond acceptors (Lipinski definition) is 4. The van der Waals surface area contributed by atoms with Crippen molar-refractivity contribution in [3.8, 4) is 11.5 Å². The van der Waals surface area contributed by atoms with Gasteiger partial charge in [0.1, 0.15) is 13.2 Å². The Balaban J connectivity index is 1.56. The van der Waals surface area contributed by atoms with Crippen LogP contribution in [0.4, 0.5) is 0 Å². The quantitative estimate of drug-likeness (QED) is 0.912. The van der Waals surface area contributed by atoms with Crippen LogP contribution in [-0.4, -0.2) is 41.4 Å². The maximum absolute atomic E-state index is 9.89. The van der Waals surface area contributed by atoms with Crippen LogP contribution in [0, 0.1) is 0 Å². The zero-order valence-corrected chi connectivity index (χ0v) is 12.7. The second-order valence-corrected chi connectivity index (χ2v) is 6.69. The number of fused-ring (bicyclic) bond motifs is 3. The molecule has 1 aromatic rings. The van der Waals surface area contributed by atoms with Gasteiger partial charge in [0.25, 0.3) is 0 Å². The topological polar surface area (TPSA) is 41.9 Å². The molecule has 4 nitrogen and oxygen atoms in total. The van der Waals surface area contributed by atoms with Crippen molar-refractivity contribution in [2.75, 3.05) is 13.2 Å². The molecule has 0 amide bonds. The highest BCUT2D eigenvalue weighted by Crippen LogP contribution is 2.41. The number of halogens is 1. The third kappa shape index (κ3) is 2.50. The first-order valence-corrected chi connectivity index (χ1v) is 8.10. The standard InChI is InChI=1S/C16H20ClNO3/c17-14-5-10(6-15-16(14)21-4-3-20-15)9-18-11-1-2-12(18)8-13(19)7-11/h5-6,11-13,19H,1-4,7-9H2. The summed E-state index contributed by atoms with van der Waals surface area (Å²) in [6.45, 7) is 2.01. The van der Waals surface area contributed by atoms with Gasteiger partial charge >= 0.3 is 0 Å². The van der Waals surface area contributed by atoms with Crippen LogP contribution in [0.25, 0.3) is 0 Å². The maximum atomic E-state index is 9.89. The summed E-state index contributed by atoms with van der Waals surface area (Å²) in [5, 5.41) is 10.5. The Morgan fingerprint density at radius 2 is 1.86 bits per heavy atom. The molecular formula is C16H20ClNO3. The van der Waals surface area contributed by atoms with Gasteiger partial charge < -0.3 is 14.6 Å². The second kappa shape index (κ2) is 5.34. The molecule has 4 rings (SSSR count). The predicted octanol–water partition coefficient (Wildman–Crippen LogP) is 2.60. The van der Waals surface area contributed by atoms with Gasteiger partial charge in [0, 0.05) is 18.6 Å². The van der Waals surface area contributed by atoms with Crippen LogP contribution in [-0.2, 0) is 6.54 Å². The highest BCUT2D eigenvalue weighted by molar-refractivity contribution is 6.32. The monoisotopic (exact) mass is 309 g/mol. The second-order valence-electron chi connectivity index (χ2n) is 6.28. The molecule has 2 fully saturated rings. The summed E-state index contributed by atoms with van der Waals surface area (Å²) in [4.78, 5) is 2.52. The molecule has 2 bridgehead atoms. The van der Waals surface area contributed by atoms with E-state index in [1.54, 1.807) is 0 Å². The molecule has 3 heterocycles. The Hall–Kier alpha value is -0.970. The van der Waals surface area contributed by atoms with E-state index in [9.17, 15) is 5.11 Å². The van der Waals surface area contributed by atoms with Crippen molar-refractivity contribution >= 4 is 11.6 Å². The van der Waals surface area contributed by atoms with Crippen molar-refractivity contribution in [2.45, 2.75) is 50.4 Å². The Kier molecular flexibility index (Phi) is 3.48. The largest absolute Gasteiger partial charge is 0.486 e. The summed E-state index contributed by atoms with van der Waals surface area (Å²) in [6, 6.07) is 5.04. The molecule has 0 aromatic heterocycles. The molecular weight excluding hydrogens is 290 g/mol. The highest BCUT2D eigenvalue weighted by Gasteiger charge is 2.40. The molecule has 0 spiro atoms. The number of hydrogen-bond donors (Lipinski definition) is 1. The van der Waals surface area contributed by atoms with Crippen LogP contribution in [0.15, 0.2) is 12.1 Å². The lowest BCUT2D eigenvalue weighted by atomic mass is 9.99. The van der Waals surface area contributed by atoms with E-state index in [0.717, 1.165) is 30.7 Å². The highest BCUT2D eigenvalue weighted by atomic mass is 35.5. The van der Waals surface area contributed by atoms with Crippen molar-refractivity contribution < 1.29 is 14.6 Å². The van der Waals surface area contributed by atoms with Gasteiger partial charge in [-0.3, -0.25) is 4.90 Å². The van der Waals surface area contributed by atoms with Crippen LogP contribution >= 0.6 is 11.6 Å². The average Bonchev–Trinajstić information content (AvgIpc) is 2.70. The van der Waals surface area contributed by atoms with Crippen molar-refractivity contribution in [3.63, 3.8) is 0 Å². The van der Waals surface area contributed by atoms with E-state index in [1.807, 2.05) is 12.1 Å². The van der Waals surface area contributed by atoms with E-state index < -0.39 is 0 Å². The summed E-state index contributed by atoms with van der Waals surface area (Å²) in [5.74, 6) is 1.43. The number of aliphatic hydroxyl groups excluding tert-OH is 1. The molecule has 2 saturated heterocycles. The van der Waals surface area contributed by atoms with E-state index in [2.05, 4.69) is 4.90 Å². The van der Waals surface area contributed by atoms with Gasteiger partial charge in [-0.2, -0.15) is 0 Å². The zero-order chi connectivity index (χ0) is 14.4. The predicted molar refractivity (Wildman–Crippen MR) is 80.0 cm³/mol. The van der Waals surface area contributed by atoms with Gasteiger partial charge in [-0.1, -0.05) is 11.6 Å². The Bertz CT molecular complexity index is 537. The van der Waals surface area contributed by atoms with Gasteiger partial charge in [0.15, 0.2) is 11.5 Å². The molecule has 21 heavy (non-hydrogen) atoms. The van der Waals surface area contributed by atoms with Gasteiger partial charge in [-0.25, -0.2) is 0 Å². The summed E-state index contributed by atoms with van der Waals surface area (Å²) < 4.78 is 11.2. The van der Waals surface area contributed by atoms with Crippen LogP contribution in [0.5, 0.6) is 11.5 Å². The molecule has 3 aliphatic rings. The van der Waals surface area contributed by atoms with Gasteiger partial charge in [0.2, 0.25) is 0 Å². The number of aliphatic hydroxyl groups is 1. The van der Waals surface area contributed by atoms with Gasteiger partial charge in [-0.15, -0.1) is 0 Å². The van der Waals surface area contributed by atoms with Crippen LogP contribution in [0.2, 0.25) is 5.02 Å². The number of rotatable bonds is 2. The maximum Gasteiger partial charge on any atom is 0.179 e. The summed E-state index contributed by atoms with van der Waals surface area (Å²) >= 11 is 6.31. The first-order valence-electron chi connectivity index (χ1n) is 7.72. The summed E-state index contributed by atoms with van der Waals surface area (Å²) in [6.07, 6.45) is 4.06. The van der Waals surface area contributed by atoms with Crippen molar-refractivity contribution in [1.29, 1.82) is 0 Å². The molecule has 1 aromatic carbocycles. The van der Waals surface area contributed by atoms with Crippen LogP contribution < -0.4 is 9.47 Å². The van der Waals surface area contributed by atoms with Crippen LogP contribution in [0.3, 0.4) is 0 Å². The Labute approximate surface area is 129 Å². The zero-order valence-electron chi connectivity index (χ0n) is 11.9. The Morgan fingerprint density at radius 1 is 1.14 bits per heavy atom. The van der Waals surface area contributed by atoms with Crippen LogP contribution in [0.1, 0.15) is 31.2 Å². The number of nitrogens with zero attached hydrogens (tertiary/aromatic N) is 1. The average molecular weight is 310 g/mol. The van der Waals surface area contributed by atoms with E-state index in [4.69, 9.17) is 21.1 Å². The molecule has 1 N–H and O–H groups in total. The van der Waals surface area contributed by atoms with Crippen molar-refractivity contribution in [2.24, 2.45) is 0 Å². The number of piperidine rings is 1.